The second-order valence-corrected chi connectivity index (χ2v) is 8.34. The van der Waals surface area contributed by atoms with Crippen molar-refractivity contribution >= 4 is 27.3 Å². The molecule has 1 heterocycles. The zero-order chi connectivity index (χ0) is 14.8. The number of hydrogen-bond acceptors (Lipinski definition) is 4. The Kier molecular flexibility index (Phi) is 4.82. The summed E-state index contributed by atoms with van der Waals surface area (Å²) in [4.78, 5) is 10.8. The first-order chi connectivity index (χ1) is 9.38. The summed E-state index contributed by atoms with van der Waals surface area (Å²) < 4.78 is 26.8. The molecule has 1 saturated carbocycles. The van der Waals surface area contributed by atoms with E-state index in [1.165, 1.54) is 11.4 Å². The highest BCUT2D eigenvalue weighted by atomic mass is 32.2. The lowest BCUT2D eigenvalue weighted by atomic mass is 9.83. The van der Waals surface area contributed by atoms with Crippen molar-refractivity contribution in [3.8, 4) is 0 Å². The minimum Gasteiger partial charge on any atom is -0.478 e. The number of carbonyl (C=O) groups is 1. The number of hydrogen-bond donors (Lipinski definition) is 2. The summed E-state index contributed by atoms with van der Waals surface area (Å²) >= 11 is 0.941. The van der Waals surface area contributed by atoms with Crippen molar-refractivity contribution in [3.05, 3.63) is 17.0 Å². The van der Waals surface area contributed by atoms with Crippen LogP contribution in [0.3, 0.4) is 0 Å². The Bertz CT molecular complexity index is 571. The van der Waals surface area contributed by atoms with Gasteiger partial charge in [-0.1, -0.05) is 19.8 Å². The van der Waals surface area contributed by atoms with E-state index >= 15 is 0 Å². The maximum Gasteiger partial charge on any atom is 0.336 e. The van der Waals surface area contributed by atoms with E-state index in [0.29, 0.717) is 12.5 Å². The molecule has 0 aliphatic heterocycles. The molecule has 0 saturated heterocycles. The number of thiophene rings is 1. The monoisotopic (exact) mass is 317 g/mol. The van der Waals surface area contributed by atoms with Crippen LogP contribution >= 0.6 is 11.3 Å². The van der Waals surface area contributed by atoms with E-state index in [0.717, 1.165) is 42.9 Å². The van der Waals surface area contributed by atoms with Gasteiger partial charge < -0.3 is 5.11 Å². The Labute approximate surface area is 123 Å². The van der Waals surface area contributed by atoms with E-state index in [-0.39, 0.29) is 9.77 Å². The normalized spacial score (nSPS) is 23.6. The third kappa shape index (κ3) is 3.80. The molecule has 0 spiro atoms. The van der Waals surface area contributed by atoms with Crippen LogP contribution in [0, 0.1) is 11.8 Å². The lowest BCUT2D eigenvalue weighted by Crippen LogP contribution is -2.30. The first-order valence-corrected chi connectivity index (χ1v) is 9.06. The van der Waals surface area contributed by atoms with Crippen molar-refractivity contribution in [2.75, 3.05) is 6.54 Å². The lowest BCUT2D eigenvalue weighted by molar-refractivity contribution is 0.0697. The van der Waals surface area contributed by atoms with Gasteiger partial charge in [0.05, 0.1) is 5.56 Å². The fourth-order valence-corrected chi connectivity index (χ4v) is 4.72. The van der Waals surface area contributed by atoms with Crippen molar-refractivity contribution in [2.45, 2.75) is 36.8 Å². The van der Waals surface area contributed by atoms with Gasteiger partial charge in [-0.2, -0.15) is 0 Å². The first-order valence-electron chi connectivity index (χ1n) is 6.70. The van der Waals surface area contributed by atoms with Gasteiger partial charge in [0.2, 0.25) is 10.0 Å². The summed E-state index contributed by atoms with van der Waals surface area (Å²) in [7, 11) is -3.58. The molecule has 0 aromatic carbocycles. The zero-order valence-corrected chi connectivity index (χ0v) is 13.0. The van der Waals surface area contributed by atoms with Crippen LogP contribution < -0.4 is 4.72 Å². The second kappa shape index (κ2) is 6.24. The largest absolute Gasteiger partial charge is 0.478 e. The van der Waals surface area contributed by atoms with E-state index in [2.05, 4.69) is 11.6 Å². The molecule has 112 valence electrons. The van der Waals surface area contributed by atoms with E-state index in [9.17, 15) is 13.2 Å². The van der Waals surface area contributed by atoms with Crippen molar-refractivity contribution in [2.24, 2.45) is 11.8 Å². The SMILES string of the molecule is CC1CCC(CNS(=O)(=O)c2cc(C(=O)O)cs2)CC1. The van der Waals surface area contributed by atoms with Gasteiger partial charge in [-0.3, -0.25) is 0 Å². The maximum absolute atomic E-state index is 12.1. The molecule has 1 aromatic heterocycles. The number of nitrogens with one attached hydrogen (secondary N) is 1. The van der Waals surface area contributed by atoms with Crippen LogP contribution in [0.2, 0.25) is 0 Å². The van der Waals surface area contributed by atoms with Gasteiger partial charge in [0, 0.05) is 11.9 Å². The van der Waals surface area contributed by atoms with E-state index < -0.39 is 16.0 Å². The summed E-state index contributed by atoms with van der Waals surface area (Å²) in [5.74, 6) is 0.0159. The first kappa shape index (κ1) is 15.5. The van der Waals surface area contributed by atoms with Gasteiger partial charge in [0.1, 0.15) is 4.21 Å². The fourth-order valence-electron chi connectivity index (χ4n) is 2.40. The molecule has 2 N–H and O–H groups in total. The van der Waals surface area contributed by atoms with Crippen LogP contribution in [-0.2, 0) is 10.0 Å². The molecule has 1 aliphatic carbocycles. The van der Waals surface area contributed by atoms with Gasteiger partial charge in [0.15, 0.2) is 0 Å². The van der Waals surface area contributed by atoms with E-state index in [1.807, 2.05) is 0 Å². The average molecular weight is 317 g/mol. The fraction of sp³-hybridized carbons (Fsp3) is 0.615. The van der Waals surface area contributed by atoms with Crippen LogP contribution in [0.15, 0.2) is 15.7 Å². The highest BCUT2D eigenvalue weighted by molar-refractivity contribution is 7.91. The molecular formula is C13H19NO4S2. The highest BCUT2D eigenvalue weighted by Crippen LogP contribution is 2.28. The number of sulfonamides is 1. The van der Waals surface area contributed by atoms with Crippen LogP contribution in [0.25, 0.3) is 0 Å². The Morgan fingerprint density at radius 3 is 2.60 bits per heavy atom. The average Bonchev–Trinajstić information content (AvgIpc) is 2.89. The predicted molar refractivity (Wildman–Crippen MR) is 77.6 cm³/mol. The molecule has 1 fully saturated rings. The number of rotatable bonds is 5. The molecule has 0 amide bonds. The Morgan fingerprint density at radius 2 is 2.05 bits per heavy atom. The summed E-state index contributed by atoms with van der Waals surface area (Å²) in [5, 5.41) is 10.2. The Morgan fingerprint density at radius 1 is 1.40 bits per heavy atom. The molecule has 1 aromatic rings. The molecule has 2 rings (SSSR count). The Hall–Kier alpha value is -0.920. The molecular weight excluding hydrogens is 298 g/mol. The van der Waals surface area contributed by atoms with Gasteiger partial charge in [-0.25, -0.2) is 17.9 Å². The van der Waals surface area contributed by atoms with Gasteiger partial charge in [-0.05, 0) is 30.7 Å². The predicted octanol–water partition coefficient (Wildman–Crippen LogP) is 2.55. The number of aromatic carboxylic acids is 1. The van der Waals surface area contributed by atoms with E-state index in [1.54, 1.807) is 0 Å². The van der Waals surface area contributed by atoms with Gasteiger partial charge in [-0.15, -0.1) is 11.3 Å². The Balaban J connectivity index is 1.95. The molecule has 0 atom stereocenters. The molecule has 20 heavy (non-hydrogen) atoms. The quantitative estimate of drug-likeness (QED) is 0.874. The second-order valence-electron chi connectivity index (χ2n) is 5.44. The minimum absolute atomic E-state index is 0.0156. The third-order valence-electron chi connectivity index (χ3n) is 3.78. The topological polar surface area (TPSA) is 83.5 Å². The summed E-state index contributed by atoms with van der Waals surface area (Å²) in [6, 6.07) is 1.21. The van der Waals surface area contributed by atoms with Crippen molar-refractivity contribution < 1.29 is 18.3 Å². The lowest BCUT2D eigenvalue weighted by Gasteiger charge is -2.26. The molecule has 7 heteroatoms. The maximum atomic E-state index is 12.1. The van der Waals surface area contributed by atoms with E-state index in [4.69, 9.17) is 5.11 Å². The van der Waals surface area contributed by atoms with Gasteiger partial charge >= 0.3 is 5.97 Å². The van der Waals surface area contributed by atoms with Gasteiger partial charge in [0.25, 0.3) is 0 Å². The number of carboxylic acids is 1. The summed E-state index contributed by atoms with van der Waals surface area (Å²) in [6.07, 6.45) is 4.39. The van der Waals surface area contributed by atoms with Crippen LogP contribution in [0.5, 0.6) is 0 Å². The smallest absolute Gasteiger partial charge is 0.336 e. The van der Waals surface area contributed by atoms with Crippen molar-refractivity contribution in [1.82, 2.24) is 4.72 Å². The zero-order valence-electron chi connectivity index (χ0n) is 11.3. The molecule has 0 bridgehead atoms. The molecule has 5 nitrogen and oxygen atoms in total. The minimum atomic E-state index is -3.58. The summed E-state index contributed by atoms with van der Waals surface area (Å²) in [6.45, 7) is 2.66. The number of carboxylic acid groups (broad SMARTS) is 1. The van der Waals surface area contributed by atoms with Crippen molar-refractivity contribution in [3.63, 3.8) is 0 Å². The summed E-state index contributed by atoms with van der Waals surface area (Å²) in [5.41, 5.74) is 0.0156. The molecule has 1 aliphatic rings. The standard InChI is InChI=1S/C13H19NO4S2/c1-9-2-4-10(5-3-9)7-14-20(17,18)12-6-11(8-19-12)13(15)16/h6,8-10,14H,2-5,7H2,1H3,(H,15,16). The van der Waals surface area contributed by atoms with Crippen LogP contribution in [0.4, 0.5) is 0 Å². The van der Waals surface area contributed by atoms with Crippen LogP contribution in [0.1, 0.15) is 43.0 Å². The highest BCUT2D eigenvalue weighted by Gasteiger charge is 2.23. The third-order valence-corrected chi connectivity index (χ3v) is 6.65. The van der Waals surface area contributed by atoms with Crippen LogP contribution in [-0.4, -0.2) is 26.0 Å². The molecule has 0 radical (unpaired) electrons. The van der Waals surface area contributed by atoms with Crippen molar-refractivity contribution in [1.29, 1.82) is 0 Å². The molecule has 0 unspecified atom stereocenters.